The second-order valence-electron chi connectivity index (χ2n) is 5.08. The molecule has 0 atom stereocenters. The van der Waals surface area contributed by atoms with Gasteiger partial charge in [-0.25, -0.2) is 9.97 Å². The van der Waals surface area contributed by atoms with Crippen molar-refractivity contribution >= 4 is 0 Å². The van der Waals surface area contributed by atoms with E-state index in [1.54, 1.807) is 7.11 Å². The summed E-state index contributed by atoms with van der Waals surface area (Å²) in [5.41, 5.74) is 0.875. The molecule has 0 spiro atoms. The average molecular weight is 233 g/mol. The van der Waals surface area contributed by atoms with E-state index in [1.807, 2.05) is 12.3 Å². The number of nitrogens with one attached hydrogen (secondary N) is 1. The maximum absolute atomic E-state index is 5.61. The standard InChI is InChI=1S/C13H19N3O/c1-17-13(6-2-7-13)12-14-8-5-11(16-12)9-15-10-3-4-10/h5,8,10,15H,2-4,6-7,9H2,1H3. The molecule has 4 heteroatoms. The normalized spacial score (nSPS) is 22.2. The zero-order chi connectivity index (χ0) is 11.7. The Morgan fingerprint density at radius 1 is 1.47 bits per heavy atom. The van der Waals surface area contributed by atoms with Crippen LogP contribution in [0.3, 0.4) is 0 Å². The molecule has 1 heterocycles. The van der Waals surface area contributed by atoms with Crippen LogP contribution in [0.25, 0.3) is 0 Å². The Balaban J connectivity index is 1.73. The van der Waals surface area contributed by atoms with Crippen molar-refractivity contribution in [2.24, 2.45) is 0 Å². The van der Waals surface area contributed by atoms with Gasteiger partial charge in [0.05, 0.1) is 5.69 Å². The van der Waals surface area contributed by atoms with E-state index < -0.39 is 0 Å². The van der Waals surface area contributed by atoms with Gasteiger partial charge in [0.15, 0.2) is 5.82 Å². The molecular weight excluding hydrogens is 214 g/mol. The van der Waals surface area contributed by atoms with Gasteiger partial charge in [-0.1, -0.05) is 0 Å². The summed E-state index contributed by atoms with van der Waals surface area (Å²) in [6.45, 7) is 0.847. The van der Waals surface area contributed by atoms with Gasteiger partial charge < -0.3 is 10.1 Å². The third-order valence-corrected chi connectivity index (χ3v) is 3.82. The second kappa shape index (κ2) is 4.35. The Labute approximate surface area is 102 Å². The third kappa shape index (κ3) is 2.19. The predicted molar refractivity (Wildman–Crippen MR) is 64.4 cm³/mol. The van der Waals surface area contributed by atoms with Crippen LogP contribution in [0.15, 0.2) is 12.3 Å². The van der Waals surface area contributed by atoms with Gasteiger partial charge in [0, 0.05) is 25.9 Å². The fraction of sp³-hybridized carbons (Fsp3) is 0.692. The van der Waals surface area contributed by atoms with Crippen molar-refractivity contribution in [3.63, 3.8) is 0 Å². The highest BCUT2D eigenvalue weighted by atomic mass is 16.5. The fourth-order valence-electron chi connectivity index (χ4n) is 2.27. The van der Waals surface area contributed by atoms with Crippen molar-refractivity contribution in [1.29, 1.82) is 0 Å². The monoisotopic (exact) mass is 233 g/mol. The highest BCUT2D eigenvalue weighted by Gasteiger charge is 2.41. The van der Waals surface area contributed by atoms with Crippen LogP contribution in [0.2, 0.25) is 0 Å². The molecule has 0 bridgehead atoms. The lowest BCUT2D eigenvalue weighted by atomic mass is 9.79. The third-order valence-electron chi connectivity index (χ3n) is 3.82. The first kappa shape index (κ1) is 11.1. The molecule has 2 saturated carbocycles. The summed E-state index contributed by atoms with van der Waals surface area (Å²) in [4.78, 5) is 9.02. The lowest BCUT2D eigenvalue weighted by Crippen LogP contribution is -2.38. The molecule has 0 amide bonds. The molecule has 17 heavy (non-hydrogen) atoms. The van der Waals surface area contributed by atoms with Gasteiger partial charge in [-0.2, -0.15) is 0 Å². The van der Waals surface area contributed by atoms with Gasteiger partial charge in [-0.15, -0.1) is 0 Å². The number of methoxy groups -OCH3 is 1. The molecule has 4 nitrogen and oxygen atoms in total. The first-order valence-corrected chi connectivity index (χ1v) is 6.43. The maximum Gasteiger partial charge on any atom is 0.160 e. The summed E-state index contributed by atoms with van der Waals surface area (Å²) >= 11 is 0. The highest BCUT2D eigenvalue weighted by Crippen LogP contribution is 2.42. The van der Waals surface area contributed by atoms with Crippen LogP contribution in [0.5, 0.6) is 0 Å². The van der Waals surface area contributed by atoms with Crippen LogP contribution in [-0.2, 0) is 16.9 Å². The molecule has 0 saturated heterocycles. The molecule has 92 valence electrons. The van der Waals surface area contributed by atoms with E-state index in [2.05, 4.69) is 15.3 Å². The predicted octanol–water partition coefficient (Wildman–Crippen LogP) is 1.75. The van der Waals surface area contributed by atoms with Crippen LogP contribution in [0.4, 0.5) is 0 Å². The molecule has 2 aliphatic carbocycles. The summed E-state index contributed by atoms with van der Waals surface area (Å²) in [5, 5.41) is 3.47. The minimum atomic E-state index is -0.199. The molecule has 0 radical (unpaired) electrons. The van der Waals surface area contributed by atoms with Gasteiger partial charge in [-0.3, -0.25) is 0 Å². The smallest absolute Gasteiger partial charge is 0.160 e. The Bertz CT molecular complexity index is 394. The van der Waals surface area contributed by atoms with E-state index in [1.165, 1.54) is 19.3 Å². The minimum Gasteiger partial charge on any atom is -0.370 e. The maximum atomic E-state index is 5.61. The lowest BCUT2D eigenvalue weighted by Gasteiger charge is -2.38. The summed E-state index contributed by atoms with van der Waals surface area (Å²) in [5.74, 6) is 0.862. The second-order valence-corrected chi connectivity index (χ2v) is 5.08. The van der Waals surface area contributed by atoms with Crippen molar-refractivity contribution < 1.29 is 4.74 Å². The zero-order valence-electron chi connectivity index (χ0n) is 10.3. The molecule has 0 aromatic carbocycles. The highest BCUT2D eigenvalue weighted by molar-refractivity contribution is 5.12. The van der Waals surface area contributed by atoms with Crippen molar-refractivity contribution in [2.45, 2.75) is 50.3 Å². The van der Waals surface area contributed by atoms with Crippen LogP contribution in [-0.4, -0.2) is 23.1 Å². The van der Waals surface area contributed by atoms with E-state index in [4.69, 9.17) is 4.74 Å². The largest absolute Gasteiger partial charge is 0.370 e. The Hall–Kier alpha value is -1.00. The SMILES string of the molecule is COC1(c2nccc(CNC3CC3)n2)CCC1. The van der Waals surface area contributed by atoms with Crippen LogP contribution in [0.1, 0.15) is 43.6 Å². The van der Waals surface area contributed by atoms with Gasteiger partial charge >= 0.3 is 0 Å². The molecule has 0 unspecified atom stereocenters. The quantitative estimate of drug-likeness (QED) is 0.841. The Morgan fingerprint density at radius 2 is 2.29 bits per heavy atom. The van der Waals surface area contributed by atoms with E-state index in [0.29, 0.717) is 6.04 Å². The van der Waals surface area contributed by atoms with Crippen molar-refractivity contribution in [2.75, 3.05) is 7.11 Å². The van der Waals surface area contributed by atoms with Crippen molar-refractivity contribution in [3.8, 4) is 0 Å². The van der Waals surface area contributed by atoms with Gasteiger partial charge in [-0.05, 0) is 38.2 Å². The lowest BCUT2D eigenvalue weighted by molar-refractivity contribution is -0.0848. The van der Waals surface area contributed by atoms with Crippen LogP contribution < -0.4 is 5.32 Å². The first-order valence-electron chi connectivity index (χ1n) is 6.43. The number of nitrogens with zero attached hydrogens (tertiary/aromatic N) is 2. The van der Waals surface area contributed by atoms with Gasteiger partial charge in [0.2, 0.25) is 0 Å². The van der Waals surface area contributed by atoms with Gasteiger partial charge in [0.1, 0.15) is 5.60 Å². The zero-order valence-corrected chi connectivity index (χ0v) is 10.3. The van der Waals surface area contributed by atoms with E-state index >= 15 is 0 Å². The molecular formula is C13H19N3O. The Morgan fingerprint density at radius 3 is 2.88 bits per heavy atom. The van der Waals surface area contributed by atoms with E-state index in [9.17, 15) is 0 Å². The molecule has 3 rings (SSSR count). The first-order chi connectivity index (χ1) is 8.32. The summed E-state index contributed by atoms with van der Waals surface area (Å²) in [6.07, 6.45) is 7.76. The minimum absolute atomic E-state index is 0.199. The summed E-state index contributed by atoms with van der Waals surface area (Å²) in [7, 11) is 1.76. The fourth-order valence-corrected chi connectivity index (χ4v) is 2.27. The molecule has 1 N–H and O–H groups in total. The number of rotatable bonds is 5. The van der Waals surface area contributed by atoms with Crippen molar-refractivity contribution in [1.82, 2.24) is 15.3 Å². The summed E-state index contributed by atoms with van der Waals surface area (Å²) in [6, 6.07) is 2.70. The van der Waals surface area contributed by atoms with Gasteiger partial charge in [0.25, 0.3) is 0 Å². The average Bonchev–Trinajstić information content (AvgIpc) is 3.10. The van der Waals surface area contributed by atoms with E-state index in [-0.39, 0.29) is 5.60 Å². The topological polar surface area (TPSA) is 47.0 Å². The molecule has 2 fully saturated rings. The molecule has 0 aliphatic heterocycles. The number of ether oxygens (including phenoxy) is 1. The van der Waals surface area contributed by atoms with Crippen molar-refractivity contribution in [3.05, 3.63) is 23.8 Å². The number of aromatic nitrogens is 2. The number of hydrogen-bond donors (Lipinski definition) is 1. The van der Waals surface area contributed by atoms with Crippen LogP contribution >= 0.6 is 0 Å². The number of hydrogen-bond acceptors (Lipinski definition) is 4. The molecule has 2 aliphatic rings. The summed E-state index contributed by atoms with van der Waals surface area (Å²) < 4.78 is 5.61. The van der Waals surface area contributed by atoms with Crippen LogP contribution in [0, 0.1) is 0 Å². The molecule has 1 aromatic rings. The molecule has 1 aromatic heterocycles. The Kier molecular flexibility index (Phi) is 2.84. The van der Waals surface area contributed by atoms with E-state index in [0.717, 1.165) is 30.9 Å².